The maximum absolute atomic E-state index is 13.4. The van der Waals surface area contributed by atoms with Gasteiger partial charge in [0.15, 0.2) is 0 Å². The van der Waals surface area contributed by atoms with Gasteiger partial charge in [0.2, 0.25) is 11.8 Å². The number of benzene rings is 1. The molecule has 0 radical (unpaired) electrons. The van der Waals surface area contributed by atoms with Gasteiger partial charge in [0.1, 0.15) is 18.4 Å². The maximum Gasteiger partial charge on any atom is 0.406 e. The molecule has 4 unspecified atom stereocenters. The van der Waals surface area contributed by atoms with Crippen LogP contribution < -0.4 is 10.6 Å². The summed E-state index contributed by atoms with van der Waals surface area (Å²) in [6.07, 6.45) is -0.699. The van der Waals surface area contributed by atoms with E-state index in [1.807, 2.05) is 32.0 Å². The third kappa shape index (κ3) is 7.13. The Labute approximate surface area is 242 Å². The summed E-state index contributed by atoms with van der Waals surface area (Å²) in [4.78, 5) is 48.4. The molecule has 8 nitrogen and oxygen atoms in total. The van der Waals surface area contributed by atoms with Gasteiger partial charge in [-0.2, -0.15) is 13.2 Å². The Morgan fingerprint density at radius 1 is 1.02 bits per heavy atom. The third-order valence-corrected chi connectivity index (χ3v) is 7.54. The lowest BCUT2D eigenvalue weighted by atomic mass is 9.81. The lowest BCUT2D eigenvalue weighted by molar-refractivity contribution is -0.170. The van der Waals surface area contributed by atoms with Gasteiger partial charge in [0, 0.05) is 42.4 Å². The number of halogens is 3. The van der Waals surface area contributed by atoms with Gasteiger partial charge < -0.3 is 15.5 Å². The maximum atomic E-state index is 13.4. The average Bonchev–Trinajstić information content (AvgIpc) is 3.42. The van der Waals surface area contributed by atoms with E-state index in [1.165, 1.54) is 6.20 Å². The fourth-order valence-corrected chi connectivity index (χ4v) is 5.51. The van der Waals surface area contributed by atoms with E-state index in [1.54, 1.807) is 49.5 Å². The molecule has 42 heavy (non-hydrogen) atoms. The van der Waals surface area contributed by atoms with Gasteiger partial charge in [-0.3, -0.25) is 19.4 Å². The van der Waals surface area contributed by atoms with E-state index < -0.39 is 42.5 Å². The first-order chi connectivity index (χ1) is 20.1. The number of carbonyl (C=O) groups excluding carboxylic acids is 3. The Morgan fingerprint density at radius 3 is 2.40 bits per heavy atom. The number of hydrogen-bond acceptors (Lipinski definition) is 5. The number of pyridine rings is 2. The largest absolute Gasteiger partial charge is 0.406 e. The highest BCUT2D eigenvalue weighted by Crippen LogP contribution is 2.35. The average molecular weight is 582 g/mol. The summed E-state index contributed by atoms with van der Waals surface area (Å²) in [5.41, 5.74) is 2.40. The number of alkyl halides is 3. The predicted octanol–water partition coefficient (Wildman–Crippen LogP) is 4.92. The summed E-state index contributed by atoms with van der Waals surface area (Å²) in [6.45, 7) is 4.20. The molecule has 3 amide bonds. The first kappa shape index (κ1) is 30.7. The van der Waals surface area contributed by atoms with Gasteiger partial charge in [-0.1, -0.05) is 50.2 Å². The third-order valence-electron chi connectivity index (χ3n) is 7.54. The van der Waals surface area contributed by atoms with Gasteiger partial charge in [0.25, 0.3) is 5.91 Å². The summed E-state index contributed by atoms with van der Waals surface area (Å²) in [7, 11) is 0. The molecule has 2 aromatic heterocycles. The standard InChI is InChI=1S/C29H28F3N5O3.C2H6/c1-17-22(18-7-3-2-4-8-18)14-24(28(40)37(17)16-29(30,31)32)35-27(39)21-12-19-11-20(13-23(19)34-15-21)26(38)36-25-9-5-6-10-33-25;1-2/h2-10,12,15,17,20,22,24H,11,13-14,16H2,1H3,(H,35,39)(H,33,36,38);1-2H3. The van der Waals surface area contributed by atoms with Crippen molar-refractivity contribution in [2.45, 2.75) is 64.2 Å². The number of anilines is 1. The predicted molar refractivity (Wildman–Crippen MR) is 152 cm³/mol. The molecule has 1 saturated heterocycles. The molecule has 4 atom stereocenters. The van der Waals surface area contributed by atoms with Crippen LogP contribution in [0.5, 0.6) is 0 Å². The van der Waals surface area contributed by atoms with Crippen molar-refractivity contribution in [3.05, 3.63) is 89.4 Å². The topological polar surface area (TPSA) is 104 Å². The molecule has 1 fully saturated rings. The van der Waals surface area contributed by atoms with Crippen LogP contribution in [-0.2, 0) is 22.4 Å². The molecule has 11 heteroatoms. The summed E-state index contributed by atoms with van der Waals surface area (Å²) >= 11 is 0. The number of amides is 3. The highest BCUT2D eigenvalue weighted by atomic mass is 19.4. The van der Waals surface area contributed by atoms with Crippen molar-refractivity contribution in [2.24, 2.45) is 5.92 Å². The quantitative estimate of drug-likeness (QED) is 0.430. The van der Waals surface area contributed by atoms with E-state index in [4.69, 9.17) is 0 Å². The minimum atomic E-state index is -4.58. The number of fused-ring (bicyclic) bond motifs is 1. The van der Waals surface area contributed by atoms with E-state index in [-0.39, 0.29) is 23.8 Å². The molecule has 3 heterocycles. The molecule has 1 aliphatic carbocycles. The van der Waals surface area contributed by atoms with E-state index in [2.05, 4.69) is 20.6 Å². The summed E-state index contributed by atoms with van der Waals surface area (Å²) < 4.78 is 40.2. The molecule has 2 aliphatic rings. The minimum absolute atomic E-state index is 0.165. The van der Waals surface area contributed by atoms with Crippen molar-refractivity contribution in [3.63, 3.8) is 0 Å². The normalized spacial score (nSPS) is 21.6. The molecule has 2 N–H and O–H groups in total. The Hall–Kier alpha value is -4.28. The second-order valence-corrected chi connectivity index (χ2v) is 10.2. The number of hydrogen-bond donors (Lipinski definition) is 2. The molecule has 222 valence electrons. The van der Waals surface area contributed by atoms with Crippen molar-refractivity contribution in [1.82, 2.24) is 20.2 Å². The van der Waals surface area contributed by atoms with Crippen LogP contribution in [0.2, 0.25) is 0 Å². The molecule has 1 aromatic carbocycles. The summed E-state index contributed by atoms with van der Waals surface area (Å²) in [6, 6.07) is 14.0. The second kappa shape index (κ2) is 13.1. The first-order valence-electron chi connectivity index (χ1n) is 14.0. The Morgan fingerprint density at radius 2 is 1.74 bits per heavy atom. The van der Waals surface area contributed by atoms with Gasteiger partial charge >= 0.3 is 6.18 Å². The van der Waals surface area contributed by atoms with E-state index in [0.29, 0.717) is 24.4 Å². The van der Waals surface area contributed by atoms with Crippen LogP contribution >= 0.6 is 0 Å². The summed E-state index contributed by atoms with van der Waals surface area (Å²) in [5.74, 6) is -1.93. The second-order valence-electron chi connectivity index (χ2n) is 10.2. The number of nitrogens with one attached hydrogen (secondary N) is 2. The Kier molecular flexibility index (Phi) is 9.59. The van der Waals surface area contributed by atoms with Crippen LogP contribution in [0.1, 0.15) is 60.3 Å². The molecule has 1 aliphatic heterocycles. The van der Waals surface area contributed by atoms with Crippen LogP contribution in [0.3, 0.4) is 0 Å². The zero-order valence-electron chi connectivity index (χ0n) is 23.7. The molecular formula is C31H34F3N5O3. The van der Waals surface area contributed by atoms with Crippen LogP contribution in [-0.4, -0.2) is 57.4 Å². The molecule has 0 spiro atoms. The number of piperidine rings is 1. The number of rotatable bonds is 6. The zero-order valence-corrected chi connectivity index (χ0v) is 23.7. The van der Waals surface area contributed by atoms with Gasteiger partial charge in [0.05, 0.1) is 5.56 Å². The highest BCUT2D eigenvalue weighted by Gasteiger charge is 2.45. The number of aromatic nitrogens is 2. The van der Waals surface area contributed by atoms with Gasteiger partial charge in [-0.15, -0.1) is 0 Å². The minimum Gasteiger partial charge on any atom is -0.340 e. The monoisotopic (exact) mass is 581 g/mol. The van der Waals surface area contributed by atoms with Crippen molar-refractivity contribution in [2.75, 3.05) is 11.9 Å². The molecule has 3 aromatic rings. The SMILES string of the molecule is CC.CC1C(c2ccccc2)CC(NC(=O)c2cnc3c(c2)CC(C(=O)Nc2ccccn2)C3)C(=O)N1CC(F)(F)F. The van der Waals surface area contributed by atoms with Gasteiger partial charge in [-0.25, -0.2) is 4.98 Å². The van der Waals surface area contributed by atoms with Crippen LogP contribution in [0.15, 0.2) is 67.0 Å². The van der Waals surface area contributed by atoms with Crippen molar-refractivity contribution >= 4 is 23.5 Å². The molecule has 0 saturated carbocycles. The fraction of sp³-hybridized carbons (Fsp3) is 0.387. The number of carbonyl (C=O) groups is 3. The zero-order chi connectivity index (χ0) is 30.4. The van der Waals surface area contributed by atoms with Gasteiger partial charge in [-0.05, 0) is 49.1 Å². The summed E-state index contributed by atoms with van der Waals surface area (Å²) in [5, 5.41) is 5.43. The fourth-order valence-electron chi connectivity index (χ4n) is 5.51. The molecule has 0 bridgehead atoms. The Bertz CT molecular complexity index is 1400. The van der Waals surface area contributed by atoms with E-state index in [0.717, 1.165) is 16.0 Å². The first-order valence-corrected chi connectivity index (χ1v) is 14.0. The van der Waals surface area contributed by atoms with E-state index >= 15 is 0 Å². The van der Waals surface area contributed by atoms with Crippen LogP contribution in [0, 0.1) is 5.92 Å². The van der Waals surface area contributed by atoms with Crippen molar-refractivity contribution in [1.29, 1.82) is 0 Å². The van der Waals surface area contributed by atoms with E-state index in [9.17, 15) is 27.6 Å². The molecule has 5 rings (SSSR count). The lowest BCUT2D eigenvalue weighted by Crippen LogP contribution is -2.59. The van der Waals surface area contributed by atoms with Crippen molar-refractivity contribution < 1.29 is 27.6 Å². The molecular weight excluding hydrogens is 547 g/mol. The van der Waals surface area contributed by atoms with Crippen LogP contribution in [0.4, 0.5) is 19.0 Å². The Balaban J connectivity index is 0.00000198. The highest BCUT2D eigenvalue weighted by molar-refractivity contribution is 5.98. The number of nitrogens with zero attached hydrogens (tertiary/aromatic N) is 3. The number of likely N-dealkylation sites (tertiary alicyclic amines) is 1. The lowest BCUT2D eigenvalue weighted by Gasteiger charge is -2.43. The van der Waals surface area contributed by atoms with Crippen LogP contribution in [0.25, 0.3) is 0 Å². The van der Waals surface area contributed by atoms with Crippen molar-refractivity contribution in [3.8, 4) is 0 Å². The smallest absolute Gasteiger partial charge is 0.340 e.